The molecule has 0 spiro atoms. The van der Waals surface area contributed by atoms with Gasteiger partial charge in [-0.15, -0.1) is 11.8 Å². The lowest BCUT2D eigenvalue weighted by atomic mass is 10.3. The minimum atomic E-state index is -0.330. The molecule has 0 atom stereocenters. The first-order chi connectivity index (χ1) is 9.72. The highest BCUT2D eigenvalue weighted by atomic mass is 32.2. The van der Waals surface area contributed by atoms with Crippen LogP contribution in [0.4, 0.5) is 10.1 Å². The Bertz CT molecular complexity index is 712. The van der Waals surface area contributed by atoms with E-state index in [4.69, 9.17) is 14.7 Å². The van der Waals surface area contributed by atoms with Gasteiger partial charge in [0.2, 0.25) is 11.7 Å². The van der Waals surface area contributed by atoms with Crippen LogP contribution in [0.1, 0.15) is 5.89 Å². The van der Waals surface area contributed by atoms with Crippen molar-refractivity contribution in [2.24, 2.45) is 0 Å². The molecule has 0 aliphatic heterocycles. The summed E-state index contributed by atoms with van der Waals surface area (Å²) in [5, 5.41) is 3.81. The van der Waals surface area contributed by atoms with E-state index in [1.807, 2.05) is 0 Å². The lowest BCUT2D eigenvalue weighted by Crippen LogP contribution is -1.90. The van der Waals surface area contributed by atoms with Gasteiger partial charge in [0.25, 0.3) is 0 Å². The lowest BCUT2D eigenvalue weighted by Gasteiger charge is -2.02. The average Bonchev–Trinajstić information content (AvgIpc) is 3.09. The molecule has 1 aromatic carbocycles. The van der Waals surface area contributed by atoms with Crippen molar-refractivity contribution in [1.82, 2.24) is 10.1 Å². The molecule has 2 heterocycles. The molecule has 5 nitrogen and oxygen atoms in total. The summed E-state index contributed by atoms with van der Waals surface area (Å²) in [6, 6.07) is 7.71. The number of anilines is 1. The van der Waals surface area contributed by atoms with Crippen LogP contribution in [-0.4, -0.2) is 10.1 Å². The summed E-state index contributed by atoms with van der Waals surface area (Å²) in [4.78, 5) is 4.83. The van der Waals surface area contributed by atoms with E-state index in [2.05, 4.69) is 10.1 Å². The van der Waals surface area contributed by atoms with Gasteiger partial charge in [-0.1, -0.05) is 5.16 Å². The maximum Gasteiger partial charge on any atom is 0.238 e. The van der Waals surface area contributed by atoms with Gasteiger partial charge >= 0.3 is 0 Å². The molecule has 0 saturated carbocycles. The second kappa shape index (κ2) is 5.38. The molecule has 0 aliphatic rings. The Hall–Kier alpha value is -2.28. The zero-order valence-electron chi connectivity index (χ0n) is 10.2. The van der Waals surface area contributed by atoms with Crippen molar-refractivity contribution in [3.8, 4) is 11.6 Å². The molecule has 3 rings (SSSR count). The number of rotatable bonds is 4. The third-order valence-electron chi connectivity index (χ3n) is 2.54. The average molecular weight is 291 g/mol. The van der Waals surface area contributed by atoms with Crippen molar-refractivity contribution >= 4 is 17.4 Å². The van der Waals surface area contributed by atoms with Crippen LogP contribution in [0.25, 0.3) is 11.6 Å². The van der Waals surface area contributed by atoms with Gasteiger partial charge in [-0.2, -0.15) is 4.98 Å². The van der Waals surface area contributed by atoms with Gasteiger partial charge in [-0.25, -0.2) is 4.39 Å². The standard InChI is InChI=1S/C13H10FN3O2S/c14-8-3-4-9(15)11(6-8)20-7-12-16-13(17-19-12)10-2-1-5-18-10/h1-6H,7,15H2. The molecule has 2 aromatic heterocycles. The van der Waals surface area contributed by atoms with E-state index in [9.17, 15) is 4.39 Å². The third kappa shape index (κ3) is 2.67. The number of benzene rings is 1. The number of nitrogens with two attached hydrogens (primary N) is 1. The van der Waals surface area contributed by atoms with E-state index >= 15 is 0 Å². The number of furan rings is 1. The maximum atomic E-state index is 13.1. The second-order valence-electron chi connectivity index (χ2n) is 3.96. The number of aromatic nitrogens is 2. The summed E-state index contributed by atoms with van der Waals surface area (Å²) in [5.41, 5.74) is 6.28. The van der Waals surface area contributed by atoms with Crippen LogP contribution in [-0.2, 0) is 5.75 Å². The fourth-order valence-corrected chi connectivity index (χ4v) is 2.42. The predicted molar refractivity (Wildman–Crippen MR) is 72.4 cm³/mol. The minimum Gasteiger partial charge on any atom is -0.461 e. The van der Waals surface area contributed by atoms with Gasteiger partial charge in [0, 0.05) is 10.6 Å². The largest absolute Gasteiger partial charge is 0.461 e. The monoisotopic (exact) mass is 291 g/mol. The molecule has 0 saturated heterocycles. The maximum absolute atomic E-state index is 13.1. The fraction of sp³-hybridized carbons (Fsp3) is 0.0769. The first-order valence-corrected chi connectivity index (χ1v) is 6.75. The molecule has 0 bridgehead atoms. The summed E-state index contributed by atoms with van der Waals surface area (Å²) in [5.74, 6) is 1.42. The molecule has 102 valence electrons. The highest BCUT2D eigenvalue weighted by Crippen LogP contribution is 2.29. The van der Waals surface area contributed by atoms with Gasteiger partial charge in [-0.3, -0.25) is 0 Å². The Morgan fingerprint density at radius 3 is 3.00 bits per heavy atom. The van der Waals surface area contributed by atoms with Gasteiger partial charge in [0.1, 0.15) is 5.82 Å². The first kappa shape index (κ1) is 12.7. The van der Waals surface area contributed by atoms with Gasteiger partial charge in [-0.05, 0) is 30.3 Å². The predicted octanol–water partition coefficient (Wildman–Crippen LogP) is 3.34. The number of nitrogens with zero attached hydrogens (tertiary/aromatic N) is 2. The Morgan fingerprint density at radius 2 is 2.20 bits per heavy atom. The van der Waals surface area contributed by atoms with Gasteiger partial charge < -0.3 is 14.7 Å². The Balaban J connectivity index is 1.71. The molecule has 7 heteroatoms. The zero-order chi connectivity index (χ0) is 13.9. The van der Waals surface area contributed by atoms with Crippen LogP contribution in [0.3, 0.4) is 0 Å². The van der Waals surface area contributed by atoms with Crippen LogP contribution in [0, 0.1) is 5.82 Å². The normalized spacial score (nSPS) is 10.8. The zero-order valence-corrected chi connectivity index (χ0v) is 11.1. The Morgan fingerprint density at radius 1 is 1.30 bits per heavy atom. The Kier molecular flexibility index (Phi) is 3.42. The second-order valence-corrected chi connectivity index (χ2v) is 4.98. The molecule has 0 fully saturated rings. The van der Waals surface area contributed by atoms with Gasteiger partial charge in [0.15, 0.2) is 5.76 Å². The quantitative estimate of drug-likeness (QED) is 0.586. The van der Waals surface area contributed by atoms with Crippen molar-refractivity contribution in [3.05, 3.63) is 48.3 Å². The molecular formula is C13H10FN3O2S. The summed E-state index contributed by atoms with van der Waals surface area (Å²) < 4.78 is 23.4. The van der Waals surface area contributed by atoms with E-state index < -0.39 is 0 Å². The minimum absolute atomic E-state index is 0.330. The molecule has 0 radical (unpaired) electrons. The van der Waals surface area contributed by atoms with E-state index in [-0.39, 0.29) is 5.82 Å². The molecule has 0 aliphatic carbocycles. The third-order valence-corrected chi connectivity index (χ3v) is 3.59. The Labute approximate surface area is 118 Å². The molecular weight excluding hydrogens is 281 g/mol. The fourth-order valence-electron chi connectivity index (χ4n) is 1.59. The van der Waals surface area contributed by atoms with Crippen LogP contribution in [0.2, 0.25) is 0 Å². The molecule has 20 heavy (non-hydrogen) atoms. The van der Waals surface area contributed by atoms with Crippen molar-refractivity contribution in [1.29, 1.82) is 0 Å². The number of thioether (sulfide) groups is 1. The lowest BCUT2D eigenvalue weighted by molar-refractivity contribution is 0.390. The summed E-state index contributed by atoms with van der Waals surface area (Å²) in [7, 11) is 0. The van der Waals surface area contributed by atoms with Crippen molar-refractivity contribution < 1.29 is 13.3 Å². The van der Waals surface area contributed by atoms with Crippen LogP contribution in [0.5, 0.6) is 0 Å². The molecule has 2 N–H and O–H groups in total. The van der Waals surface area contributed by atoms with Crippen LogP contribution in [0.15, 0.2) is 50.4 Å². The number of hydrogen-bond acceptors (Lipinski definition) is 6. The molecule has 0 unspecified atom stereocenters. The number of halogens is 1. The molecule has 0 amide bonds. The summed E-state index contributed by atoms with van der Waals surface area (Å²) in [6.07, 6.45) is 1.54. The van der Waals surface area contributed by atoms with E-state index in [0.29, 0.717) is 33.8 Å². The highest BCUT2D eigenvalue weighted by Gasteiger charge is 2.11. The van der Waals surface area contributed by atoms with E-state index in [1.165, 1.54) is 36.2 Å². The molecule has 3 aromatic rings. The first-order valence-electron chi connectivity index (χ1n) is 5.76. The van der Waals surface area contributed by atoms with E-state index in [1.54, 1.807) is 12.1 Å². The summed E-state index contributed by atoms with van der Waals surface area (Å²) in [6.45, 7) is 0. The van der Waals surface area contributed by atoms with E-state index in [0.717, 1.165) is 0 Å². The van der Waals surface area contributed by atoms with Crippen molar-refractivity contribution in [2.45, 2.75) is 10.6 Å². The SMILES string of the molecule is Nc1ccc(F)cc1SCc1nc(-c2ccco2)no1. The highest BCUT2D eigenvalue weighted by molar-refractivity contribution is 7.98. The van der Waals surface area contributed by atoms with Gasteiger partial charge in [0.05, 0.1) is 12.0 Å². The smallest absolute Gasteiger partial charge is 0.238 e. The van der Waals surface area contributed by atoms with Crippen LogP contribution < -0.4 is 5.73 Å². The van der Waals surface area contributed by atoms with Crippen molar-refractivity contribution in [3.63, 3.8) is 0 Å². The topological polar surface area (TPSA) is 78.1 Å². The van der Waals surface area contributed by atoms with Crippen LogP contribution >= 0.6 is 11.8 Å². The van der Waals surface area contributed by atoms with Crippen molar-refractivity contribution in [2.75, 3.05) is 5.73 Å². The summed E-state index contributed by atoms with van der Waals surface area (Å²) >= 11 is 1.33. The number of hydrogen-bond donors (Lipinski definition) is 1. The number of nitrogen functional groups attached to an aromatic ring is 1.